The summed E-state index contributed by atoms with van der Waals surface area (Å²) in [7, 11) is 2.52. The van der Waals surface area contributed by atoms with Gasteiger partial charge in [-0.2, -0.15) is 13.2 Å². The van der Waals surface area contributed by atoms with Crippen LogP contribution < -0.4 is 9.47 Å². The summed E-state index contributed by atoms with van der Waals surface area (Å²) in [6.45, 7) is 2.71. The van der Waals surface area contributed by atoms with Crippen molar-refractivity contribution in [1.29, 1.82) is 0 Å². The lowest BCUT2D eigenvalue weighted by Gasteiger charge is -2.24. The van der Waals surface area contributed by atoms with Crippen molar-refractivity contribution < 1.29 is 32.5 Å². The van der Waals surface area contributed by atoms with Crippen LogP contribution in [0, 0.1) is 5.41 Å². The van der Waals surface area contributed by atoms with Gasteiger partial charge >= 0.3 is 12.1 Å². The highest BCUT2D eigenvalue weighted by Crippen LogP contribution is 2.43. The first-order valence-electron chi connectivity index (χ1n) is 6.09. The fourth-order valence-electron chi connectivity index (χ4n) is 1.95. The first kappa shape index (κ1) is 17.1. The Morgan fingerprint density at radius 2 is 1.76 bits per heavy atom. The third-order valence-electron chi connectivity index (χ3n) is 3.15. The Kier molecular flexibility index (Phi) is 4.76. The highest BCUT2D eigenvalue weighted by atomic mass is 19.4. The van der Waals surface area contributed by atoms with Crippen LogP contribution in [0.15, 0.2) is 12.1 Å². The Bertz CT molecular complexity index is 536. The number of hydrogen-bond donors (Lipinski definition) is 1. The molecule has 4 nitrogen and oxygen atoms in total. The van der Waals surface area contributed by atoms with Crippen LogP contribution in [-0.4, -0.2) is 25.3 Å². The average molecular weight is 306 g/mol. The predicted octanol–water partition coefficient (Wildman–Crippen LogP) is 3.38. The van der Waals surface area contributed by atoms with Crippen LogP contribution in [0.3, 0.4) is 0 Å². The number of ether oxygens (including phenoxy) is 2. The van der Waals surface area contributed by atoms with Gasteiger partial charge in [-0.1, -0.05) is 0 Å². The second kappa shape index (κ2) is 5.83. The molecule has 0 saturated carbocycles. The molecule has 1 aromatic rings. The fraction of sp³-hybridized carbons (Fsp3) is 0.500. The summed E-state index contributed by atoms with van der Waals surface area (Å²) in [5.41, 5.74) is -2.52. The number of alkyl halides is 3. The molecule has 0 atom stereocenters. The van der Waals surface area contributed by atoms with Crippen LogP contribution >= 0.6 is 0 Å². The minimum Gasteiger partial charge on any atom is -0.493 e. The van der Waals surface area contributed by atoms with E-state index in [9.17, 15) is 18.0 Å². The Labute approximate surface area is 120 Å². The molecule has 7 heteroatoms. The van der Waals surface area contributed by atoms with E-state index in [2.05, 4.69) is 0 Å². The molecular formula is C14H17F3O4. The smallest absolute Gasteiger partial charge is 0.416 e. The zero-order valence-corrected chi connectivity index (χ0v) is 12.2. The van der Waals surface area contributed by atoms with Crippen LogP contribution in [0.2, 0.25) is 0 Å². The number of benzene rings is 1. The van der Waals surface area contributed by atoms with Gasteiger partial charge in [0.15, 0.2) is 11.5 Å². The molecule has 0 bridgehead atoms. The van der Waals surface area contributed by atoms with Gasteiger partial charge in [-0.15, -0.1) is 0 Å². The largest absolute Gasteiger partial charge is 0.493 e. The van der Waals surface area contributed by atoms with Gasteiger partial charge in [0.2, 0.25) is 0 Å². The SMILES string of the molecule is COc1ccc(C(F)(F)F)c(CC(C)(C)C(=O)O)c1OC. The third kappa shape index (κ3) is 3.59. The van der Waals surface area contributed by atoms with Gasteiger partial charge in [-0.05, 0) is 32.4 Å². The van der Waals surface area contributed by atoms with Crippen molar-refractivity contribution >= 4 is 5.97 Å². The molecule has 0 aliphatic heterocycles. The predicted molar refractivity (Wildman–Crippen MR) is 69.7 cm³/mol. The Morgan fingerprint density at radius 1 is 1.19 bits per heavy atom. The maximum Gasteiger partial charge on any atom is 0.416 e. The van der Waals surface area contributed by atoms with Crippen molar-refractivity contribution in [2.75, 3.05) is 14.2 Å². The summed E-state index contributed by atoms with van der Waals surface area (Å²) in [5.74, 6) is -1.16. The molecule has 1 aromatic carbocycles. The minimum absolute atomic E-state index is 0.0957. The average Bonchev–Trinajstić information content (AvgIpc) is 2.35. The number of methoxy groups -OCH3 is 2. The highest BCUT2D eigenvalue weighted by molar-refractivity contribution is 5.74. The number of aliphatic carboxylic acids is 1. The van der Waals surface area contributed by atoms with E-state index in [-0.39, 0.29) is 23.5 Å². The van der Waals surface area contributed by atoms with E-state index in [1.54, 1.807) is 0 Å². The Morgan fingerprint density at radius 3 is 2.14 bits per heavy atom. The third-order valence-corrected chi connectivity index (χ3v) is 3.15. The van der Waals surface area contributed by atoms with Gasteiger partial charge in [0.05, 0.1) is 25.2 Å². The van der Waals surface area contributed by atoms with Crippen molar-refractivity contribution in [1.82, 2.24) is 0 Å². The molecule has 0 aliphatic carbocycles. The van der Waals surface area contributed by atoms with E-state index in [0.29, 0.717) is 0 Å². The summed E-state index contributed by atoms with van der Waals surface area (Å²) in [6.07, 6.45) is -4.94. The summed E-state index contributed by atoms with van der Waals surface area (Å²) in [4.78, 5) is 11.2. The van der Waals surface area contributed by atoms with Crippen molar-refractivity contribution in [3.05, 3.63) is 23.3 Å². The molecular weight excluding hydrogens is 289 g/mol. The lowest BCUT2D eigenvalue weighted by Crippen LogP contribution is -2.28. The molecule has 0 amide bonds. The topological polar surface area (TPSA) is 55.8 Å². The maximum atomic E-state index is 13.1. The molecule has 0 aromatic heterocycles. The van der Waals surface area contributed by atoms with Crippen LogP contribution in [-0.2, 0) is 17.4 Å². The molecule has 118 valence electrons. The van der Waals surface area contributed by atoms with Crippen LogP contribution in [0.25, 0.3) is 0 Å². The van der Waals surface area contributed by atoms with Crippen molar-refractivity contribution in [3.63, 3.8) is 0 Å². The quantitative estimate of drug-likeness (QED) is 0.906. The lowest BCUT2D eigenvalue weighted by atomic mass is 9.83. The van der Waals surface area contributed by atoms with Gasteiger partial charge in [0, 0.05) is 5.56 Å². The molecule has 21 heavy (non-hydrogen) atoms. The van der Waals surface area contributed by atoms with Crippen molar-refractivity contribution in [2.45, 2.75) is 26.4 Å². The van der Waals surface area contributed by atoms with E-state index < -0.39 is 23.1 Å². The normalized spacial score (nSPS) is 12.1. The number of carboxylic acid groups (broad SMARTS) is 1. The van der Waals surface area contributed by atoms with E-state index >= 15 is 0 Å². The van der Waals surface area contributed by atoms with Gasteiger partial charge in [0.25, 0.3) is 0 Å². The molecule has 0 unspecified atom stereocenters. The number of rotatable bonds is 5. The summed E-state index contributed by atoms with van der Waals surface area (Å²) < 4.78 is 49.4. The first-order chi connectivity index (χ1) is 9.54. The summed E-state index contributed by atoms with van der Waals surface area (Å²) >= 11 is 0. The molecule has 0 spiro atoms. The van der Waals surface area contributed by atoms with Crippen LogP contribution in [0.4, 0.5) is 13.2 Å². The van der Waals surface area contributed by atoms with Crippen molar-refractivity contribution in [2.24, 2.45) is 5.41 Å². The minimum atomic E-state index is -4.61. The van der Waals surface area contributed by atoms with E-state index in [0.717, 1.165) is 12.1 Å². The van der Waals surface area contributed by atoms with E-state index in [1.165, 1.54) is 28.1 Å². The van der Waals surface area contributed by atoms with Gasteiger partial charge < -0.3 is 14.6 Å². The van der Waals surface area contributed by atoms with Gasteiger partial charge in [0.1, 0.15) is 0 Å². The second-order valence-electron chi connectivity index (χ2n) is 5.19. The number of hydrogen-bond acceptors (Lipinski definition) is 3. The zero-order chi connectivity index (χ0) is 16.4. The van der Waals surface area contributed by atoms with Crippen molar-refractivity contribution in [3.8, 4) is 11.5 Å². The van der Waals surface area contributed by atoms with E-state index in [4.69, 9.17) is 14.6 Å². The second-order valence-corrected chi connectivity index (χ2v) is 5.19. The number of carboxylic acids is 1. The van der Waals surface area contributed by atoms with Crippen LogP contribution in [0.5, 0.6) is 11.5 Å². The Balaban J connectivity index is 3.53. The van der Waals surface area contributed by atoms with Crippen LogP contribution in [0.1, 0.15) is 25.0 Å². The molecule has 0 saturated heterocycles. The molecule has 0 fully saturated rings. The molecule has 1 rings (SSSR count). The highest BCUT2D eigenvalue weighted by Gasteiger charge is 2.39. The Hall–Kier alpha value is -1.92. The fourth-order valence-corrected chi connectivity index (χ4v) is 1.95. The first-order valence-corrected chi connectivity index (χ1v) is 6.09. The number of carbonyl (C=O) groups is 1. The molecule has 1 N–H and O–H groups in total. The summed E-state index contributed by atoms with van der Waals surface area (Å²) in [6, 6.07) is 2.02. The van der Waals surface area contributed by atoms with E-state index in [1.807, 2.05) is 0 Å². The lowest BCUT2D eigenvalue weighted by molar-refractivity contribution is -0.148. The number of halogens is 3. The monoisotopic (exact) mass is 306 g/mol. The zero-order valence-electron chi connectivity index (χ0n) is 12.2. The van der Waals surface area contributed by atoms with Gasteiger partial charge in [-0.25, -0.2) is 0 Å². The standard InChI is InChI=1S/C14H17F3O4/c1-13(2,12(18)19)7-8-9(14(15,16)17)5-6-10(20-3)11(8)21-4/h5-6H,7H2,1-4H3,(H,18,19). The summed E-state index contributed by atoms with van der Waals surface area (Å²) in [5, 5.41) is 9.13. The molecule has 0 radical (unpaired) electrons. The van der Waals surface area contributed by atoms with Gasteiger partial charge in [-0.3, -0.25) is 4.79 Å². The molecule has 0 aliphatic rings. The maximum absolute atomic E-state index is 13.1. The molecule has 0 heterocycles.